The van der Waals surface area contributed by atoms with Crippen LogP contribution >= 0.6 is 0 Å². The van der Waals surface area contributed by atoms with Gasteiger partial charge in [-0.05, 0) is 0 Å². The lowest BCUT2D eigenvalue weighted by atomic mass is 10.6. The predicted octanol–water partition coefficient (Wildman–Crippen LogP) is -1.83. The van der Waals surface area contributed by atoms with Crippen LogP contribution in [0.5, 0.6) is 0 Å². The number of aromatic nitrogens is 6. The van der Waals surface area contributed by atoms with E-state index in [1.165, 1.54) is 17.3 Å². The first-order valence-corrected chi connectivity index (χ1v) is 5.14. The number of aliphatic hydroxyl groups is 1. The van der Waals surface area contributed by atoms with Gasteiger partial charge in [-0.3, -0.25) is 5.43 Å². The van der Waals surface area contributed by atoms with Gasteiger partial charge in [-0.15, -0.1) is 0 Å². The van der Waals surface area contributed by atoms with E-state index in [1.54, 1.807) is 11.9 Å². The molecule has 0 saturated heterocycles. The lowest BCUT2D eigenvalue weighted by Gasteiger charge is -2.16. The summed E-state index contributed by atoms with van der Waals surface area (Å²) in [6, 6.07) is 0. The number of nitrogens with one attached hydrogen (secondary N) is 1. The summed E-state index contributed by atoms with van der Waals surface area (Å²) in [5.74, 6) is 6.16. The van der Waals surface area contributed by atoms with Crippen molar-refractivity contribution in [3.63, 3.8) is 0 Å². The summed E-state index contributed by atoms with van der Waals surface area (Å²) >= 11 is 0. The number of nitrogen functional groups attached to an aromatic ring is 1. The minimum absolute atomic E-state index is 0.00771. The molecule has 2 heterocycles. The number of anilines is 2. The van der Waals surface area contributed by atoms with Crippen LogP contribution in [0.15, 0.2) is 12.7 Å². The molecule has 4 N–H and O–H groups in total. The van der Waals surface area contributed by atoms with Crippen molar-refractivity contribution in [2.75, 3.05) is 30.5 Å². The molecule has 18 heavy (non-hydrogen) atoms. The Morgan fingerprint density at radius 2 is 2.28 bits per heavy atom. The minimum Gasteiger partial charge on any atom is -0.395 e. The number of likely N-dealkylation sites (N-methyl/N-ethyl adjacent to an activating group) is 1. The van der Waals surface area contributed by atoms with Crippen LogP contribution in [0.4, 0.5) is 11.9 Å². The number of nitrogens with two attached hydrogens (primary N) is 1. The topological polar surface area (TPSA) is 131 Å². The molecule has 2 aromatic rings. The predicted molar refractivity (Wildman–Crippen MR) is 62.9 cm³/mol. The van der Waals surface area contributed by atoms with E-state index in [-0.39, 0.29) is 18.5 Å². The molecule has 0 radical (unpaired) electrons. The zero-order chi connectivity index (χ0) is 13.0. The average molecular weight is 251 g/mol. The van der Waals surface area contributed by atoms with Crippen LogP contribution < -0.4 is 16.2 Å². The van der Waals surface area contributed by atoms with Crippen LogP contribution in [0.2, 0.25) is 0 Å². The van der Waals surface area contributed by atoms with Gasteiger partial charge in [0.15, 0.2) is 0 Å². The fourth-order valence-electron chi connectivity index (χ4n) is 1.25. The Balaban J connectivity index is 2.39. The van der Waals surface area contributed by atoms with Gasteiger partial charge < -0.3 is 10.0 Å². The summed E-state index contributed by atoms with van der Waals surface area (Å²) in [6.45, 7) is 0.386. The second-order valence-corrected chi connectivity index (χ2v) is 3.39. The highest BCUT2D eigenvalue weighted by molar-refractivity contribution is 5.38. The molecule has 0 aliphatic rings. The Hall–Kier alpha value is -2.33. The van der Waals surface area contributed by atoms with Gasteiger partial charge in [-0.25, -0.2) is 10.8 Å². The fourth-order valence-corrected chi connectivity index (χ4v) is 1.25. The molecular formula is C8H13N9O. The monoisotopic (exact) mass is 251 g/mol. The van der Waals surface area contributed by atoms with Gasteiger partial charge in [0.25, 0.3) is 5.95 Å². The number of hydrogen-bond donors (Lipinski definition) is 3. The summed E-state index contributed by atoms with van der Waals surface area (Å²) < 4.78 is 1.39. The van der Waals surface area contributed by atoms with E-state index in [2.05, 4.69) is 30.5 Å². The SMILES string of the molecule is CN(CCO)c1nc(NN)nc(-n2cncn2)n1. The lowest BCUT2D eigenvalue weighted by Crippen LogP contribution is -2.25. The van der Waals surface area contributed by atoms with Crippen molar-refractivity contribution in [2.24, 2.45) is 5.84 Å². The molecule has 2 rings (SSSR count). The van der Waals surface area contributed by atoms with Crippen LogP contribution in [0.3, 0.4) is 0 Å². The van der Waals surface area contributed by atoms with Gasteiger partial charge in [-0.1, -0.05) is 0 Å². The maximum Gasteiger partial charge on any atom is 0.258 e. The molecule has 0 aliphatic heterocycles. The maximum absolute atomic E-state index is 8.90. The molecule has 10 heteroatoms. The van der Waals surface area contributed by atoms with E-state index in [0.717, 1.165) is 0 Å². The molecule has 0 spiro atoms. The third-order valence-electron chi connectivity index (χ3n) is 2.14. The second kappa shape index (κ2) is 5.33. The number of nitrogens with zero attached hydrogens (tertiary/aromatic N) is 7. The lowest BCUT2D eigenvalue weighted by molar-refractivity contribution is 0.303. The largest absolute Gasteiger partial charge is 0.395 e. The van der Waals surface area contributed by atoms with Crippen LogP contribution in [0, 0.1) is 0 Å². The molecule has 0 aliphatic carbocycles. The first-order chi connectivity index (χ1) is 8.74. The van der Waals surface area contributed by atoms with Crippen LogP contribution in [0.25, 0.3) is 5.95 Å². The van der Waals surface area contributed by atoms with Crippen molar-refractivity contribution in [2.45, 2.75) is 0 Å². The minimum atomic E-state index is -0.00771. The number of hydrogen-bond acceptors (Lipinski definition) is 9. The van der Waals surface area contributed by atoms with Gasteiger partial charge in [0.05, 0.1) is 6.61 Å². The third-order valence-corrected chi connectivity index (χ3v) is 2.14. The molecule has 0 unspecified atom stereocenters. The molecule has 10 nitrogen and oxygen atoms in total. The quantitative estimate of drug-likeness (QED) is 0.414. The van der Waals surface area contributed by atoms with E-state index in [0.29, 0.717) is 12.5 Å². The van der Waals surface area contributed by atoms with E-state index in [9.17, 15) is 0 Å². The molecule has 0 bridgehead atoms. The standard InChI is InChI=1S/C8H13N9O/c1-16(2-3-18)7-12-6(15-9)13-8(14-7)17-5-10-4-11-17/h4-5,18H,2-3,9H2,1H3,(H,12,13,14,15). The second-order valence-electron chi connectivity index (χ2n) is 3.39. The Morgan fingerprint density at radius 1 is 1.44 bits per heavy atom. The molecule has 2 aromatic heterocycles. The molecule has 0 atom stereocenters. The van der Waals surface area contributed by atoms with Crippen molar-refractivity contribution < 1.29 is 5.11 Å². The van der Waals surface area contributed by atoms with Gasteiger partial charge >= 0.3 is 0 Å². The molecule has 0 amide bonds. The molecule has 0 aromatic carbocycles. The molecular weight excluding hydrogens is 238 g/mol. The van der Waals surface area contributed by atoms with Crippen LogP contribution in [-0.4, -0.2) is 55.0 Å². The molecule has 96 valence electrons. The van der Waals surface area contributed by atoms with Crippen molar-refractivity contribution >= 4 is 11.9 Å². The fraction of sp³-hybridized carbons (Fsp3) is 0.375. The number of rotatable bonds is 5. The van der Waals surface area contributed by atoms with Gasteiger partial charge in [-0.2, -0.15) is 24.7 Å². The third kappa shape index (κ3) is 2.49. The summed E-state index contributed by atoms with van der Waals surface area (Å²) in [4.78, 5) is 17.8. The molecule has 0 fully saturated rings. The molecule has 0 saturated carbocycles. The van der Waals surface area contributed by atoms with Gasteiger partial charge in [0.1, 0.15) is 12.7 Å². The smallest absolute Gasteiger partial charge is 0.258 e. The summed E-state index contributed by atoms with van der Waals surface area (Å²) in [6.07, 6.45) is 2.84. The van der Waals surface area contributed by atoms with Gasteiger partial charge in [0.2, 0.25) is 11.9 Å². The number of hydrazine groups is 1. The van der Waals surface area contributed by atoms with E-state index >= 15 is 0 Å². The highest BCUT2D eigenvalue weighted by Crippen LogP contribution is 2.10. The summed E-state index contributed by atoms with van der Waals surface area (Å²) in [5, 5.41) is 12.8. The Morgan fingerprint density at radius 3 is 2.89 bits per heavy atom. The average Bonchev–Trinajstić information content (AvgIpc) is 2.92. The van der Waals surface area contributed by atoms with E-state index in [4.69, 9.17) is 10.9 Å². The Bertz CT molecular complexity index is 499. The van der Waals surface area contributed by atoms with Crippen LogP contribution in [0.1, 0.15) is 0 Å². The van der Waals surface area contributed by atoms with Crippen LogP contribution in [-0.2, 0) is 0 Å². The summed E-state index contributed by atoms with van der Waals surface area (Å²) in [7, 11) is 1.75. The van der Waals surface area contributed by atoms with Crippen molar-refractivity contribution in [1.82, 2.24) is 29.7 Å². The van der Waals surface area contributed by atoms with Gasteiger partial charge in [0, 0.05) is 13.6 Å². The Labute approximate surface area is 102 Å². The highest BCUT2D eigenvalue weighted by Gasteiger charge is 2.11. The van der Waals surface area contributed by atoms with Crippen molar-refractivity contribution in [3.8, 4) is 5.95 Å². The zero-order valence-electron chi connectivity index (χ0n) is 9.72. The summed E-state index contributed by atoms with van der Waals surface area (Å²) in [5.41, 5.74) is 2.35. The highest BCUT2D eigenvalue weighted by atomic mass is 16.3. The normalized spacial score (nSPS) is 10.4. The Kier molecular flexibility index (Phi) is 3.60. The first-order valence-electron chi connectivity index (χ1n) is 5.14. The van der Waals surface area contributed by atoms with E-state index < -0.39 is 0 Å². The van der Waals surface area contributed by atoms with Crippen molar-refractivity contribution in [1.29, 1.82) is 0 Å². The van der Waals surface area contributed by atoms with Crippen molar-refractivity contribution in [3.05, 3.63) is 12.7 Å². The zero-order valence-corrected chi connectivity index (χ0v) is 9.72. The maximum atomic E-state index is 8.90. The first kappa shape index (κ1) is 12.1. The number of aliphatic hydroxyl groups excluding tert-OH is 1. The van der Waals surface area contributed by atoms with E-state index in [1.807, 2.05) is 0 Å².